The standard InChI is InChI=1S/C19H12BrN3O3S2/c1-22-13-8-7-11(20)9-12(13)14(17(22)25)15-18(26)23(19(27)28-15)21-16(24)10-5-3-2-4-6-10/h2-9H,1H3,(H,21,24). The molecule has 0 aliphatic carbocycles. The van der Waals surface area contributed by atoms with Crippen molar-refractivity contribution in [2.45, 2.75) is 0 Å². The van der Waals surface area contributed by atoms with Gasteiger partial charge in [0.05, 0.1) is 16.2 Å². The van der Waals surface area contributed by atoms with Crippen LogP contribution in [0.5, 0.6) is 0 Å². The first-order chi connectivity index (χ1) is 13.4. The molecule has 4 rings (SSSR count). The highest BCUT2D eigenvalue weighted by atomic mass is 79.9. The summed E-state index contributed by atoms with van der Waals surface area (Å²) < 4.78 is 0.954. The minimum atomic E-state index is -0.524. The normalized spacial score (nSPS) is 18.7. The number of hydrazine groups is 1. The lowest BCUT2D eigenvalue weighted by Crippen LogP contribution is -2.45. The van der Waals surface area contributed by atoms with Gasteiger partial charge < -0.3 is 4.90 Å². The van der Waals surface area contributed by atoms with Gasteiger partial charge in [-0.1, -0.05) is 45.9 Å². The summed E-state index contributed by atoms with van der Waals surface area (Å²) in [6.45, 7) is 0. The Morgan fingerprint density at radius 1 is 1.11 bits per heavy atom. The largest absolute Gasteiger partial charge is 0.311 e. The van der Waals surface area contributed by atoms with Crippen LogP contribution in [0.25, 0.3) is 5.57 Å². The van der Waals surface area contributed by atoms with Crippen LogP contribution in [0, 0.1) is 0 Å². The molecule has 0 spiro atoms. The maximum absolute atomic E-state index is 13.0. The number of benzene rings is 2. The summed E-state index contributed by atoms with van der Waals surface area (Å²) in [5.41, 5.74) is 4.57. The summed E-state index contributed by atoms with van der Waals surface area (Å²) in [4.78, 5) is 39.9. The van der Waals surface area contributed by atoms with E-state index in [4.69, 9.17) is 12.2 Å². The molecule has 1 N–H and O–H groups in total. The number of halogens is 1. The van der Waals surface area contributed by atoms with Gasteiger partial charge in [0.1, 0.15) is 0 Å². The number of anilines is 1. The van der Waals surface area contributed by atoms with E-state index in [1.165, 1.54) is 4.90 Å². The fourth-order valence-electron chi connectivity index (χ4n) is 2.98. The fraction of sp³-hybridized carbons (Fsp3) is 0.0526. The molecule has 2 aliphatic heterocycles. The molecule has 3 amide bonds. The number of thioether (sulfide) groups is 1. The Kier molecular flexibility index (Phi) is 4.82. The number of rotatable bonds is 2. The second-order valence-electron chi connectivity index (χ2n) is 6.05. The van der Waals surface area contributed by atoms with Crippen molar-refractivity contribution in [3.63, 3.8) is 0 Å². The van der Waals surface area contributed by atoms with Gasteiger partial charge in [0.2, 0.25) is 0 Å². The Hall–Kier alpha value is -2.49. The number of hydrogen-bond donors (Lipinski definition) is 1. The zero-order valence-electron chi connectivity index (χ0n) is 14.4. The molecule has 28 heavy (non-hydrogen) atoms. The predicted molar refractivity (Wildman–Crippen MR) is 115 cm³/mol. The average molecular weight is 474 g/mol. The highest BCUT2D eigenvalue weighted by Gasteiger charge is 2.42. The van der Waals surface area contributed by atoms with Gasteiger partial charge in [-0.05, 0) is 42.5 Å². The molecule has 9 heteroatoms. The Morgan fingerprint density at radius 3 is 2.54 bits per heavy atom. The fourth-order valence-corrected chi connectivity index (χ4v) is 4.60. The van der Waals surface area contributed by atoms with Crippen molar-refractivity contribution in [2.75, 3.05) is 11.9 Å². The summed E-state index contributed by atoms with van der Waals surface area (Å²) in [7, 11) is 1.65. The van der Waals surface area contributed by atoms with Gasteiger partial charge in [-0.25, -0.2) is 0 Å². The van der Waals surface area contributed by atoms with Crippen molar-refractivity contribution < 1.29 is 14.4 Å². The van der Waals surface area contributed by atoms with Crippen LogP contribution in [0.2, 0.25) is 0 Å². The van der Waals surface area contributed by atoms with Crippen molar-refractivity contribution in [1.82, 2.24) is 10.4 Å². The highest BCUT2D eigenvalue weighted by molar-refractivity contribution is 9.10. The quantitative estimate of drug-likeness (QED) is 0.534. The Balaban J connectivity index is 1.71. The average Bonchev–Trinajstić information content (AvgIpc) is 3.09. The number of thiocarbonyl (C=S) groups is 1. The van der Waals surface area contributed by atoms with Gasteiger partial charge in [-0.3, -0.25) is 19.8 Å². The first kappa shape index (κ1) is 18.9. The third-order valence-electron chi connectivity index (χ3n) is 4.35. The number of carbonyl (C=O) groups excluding carboxylic acids is 3. The van der Waals surface area contributed by atoms with Crippen LogP contribution >= 0.6 is 39.9 Å². The lowest BCUT2D eigenvalue weighted by atomic mass is 10.1. The molecule has 2 aliphatic rings. The van der Waals surface area contributed by atoms with E-state index in [-0.39, 0.29) is 20.7 Å². The van der Waals surface area contributed by atoms with E-state index < -0.39 is 11.8 Å². The summed E-state index contributed by atoms with van der Waals surface area (Å²) in [6, 6.07) is 13.9. The molecule has 1 fully saturated rings. The van der Waals surface area contributed by atoms with Crippen molar-refractivity contribution in [3.8, 4) is 0 Å². The van der Waals surface area contributed by atoms with E-state index in [9.17, 15) is 14.4 Å². The van der Waals surface area contributed by atoms with Crippen molar-refractivity contribution >= 4 is 73.2 Å². The van der Waals surface area contributed by atoms with Gasteiger partial charge >= 0.3 is 0 Å². The molecule has 0 aromatic heterocycles. The first-order valence-corrected chi connectivity index (χ1v) is 10.1. The SMILES string of the molecule is CN1C(=O)C(=C2SC(=S)N(NC(=O)c3ccccc3)C2=O)c2cc(Br)ccc21. The molecule has 2 heterocycles. The lowest BCUT2D eigenvalue weighted by molar-refractivity contribution is -0.124. The number of hydrogen-bond acceptors (Lipinski definition) is 5. The Morgan fingerprint density at radius 2 is 1.82 bits per heavy atom. The van der Waals surface area contributed by atoms with Gasteiger partial charge in [0.25, 0.3) is 17.7 Å². The molecule has 2 aromatic carbocycles. The van der Waals surface area contributed by atoms with E-state index in [1.807, 2.05) is 12.1 Å². The van der Waals surface area contributed by atoms with Crippen LogP contribution in [0.4, 0.5) is 5.69 Å². The van der Waals surface area contributed by atoms with Gasteiger partial charge in [-0.15, -0.1) is 0 Å². The minimum Gasteiger partial charge on any atom is -0.311 e. The summed E-state index contributed by atoms with van der Waals surface area (Å²) in [5, 5.41) is 1.01. The minimum absolute atomic E-state index is 0.163. The maximum atomic E-state index is 13.0. The molecule has 0 radical (unpaired) electrons. The molecule has 0 atom stereocenters. The summed E-state index contributed by atoms with van der Waals surface area (Å²) in [6.07, 6.45) is 0. The van der Waals surface area contributed by atoms with E-state index >= 15 is 0 Å². The number of amides is 3. The Labute approximate surface area is 178 Å². The van der Waals surface area contributed by atoms with Crippen LogP contribution in [0.15, 0.2) is 57.9 Å². The topological polar surface area (TPSA) is 69.7 Å². The second-order valence-corrected chi connectivity index (χ2v) is 8.61. The van der Waals surface area contributed by atoms with E-state index in [0.29, 0.717) is 16.8 Å². The summed E-state index contributed by atoms with van der Waals surface area (Å²) in [5.74, 6) is -1.27. The second kappa shape index (κ2) is 7.16. The maximum Gasteiger partial charge on any atom is 0.286 e. The molecular formula is C19H12BrN3O3S2. The third-order valence-corrected chi connectivity index (χ3v) is 6.22. The number of likely N-dealkylation sites (N-methyl/N-ethyl adjacent to an activating group) is 1. The number of nitrogens with one attached hydrogen (secondary N) is 1. The molecule has 2 aromatic rings. The molecular weight excluding hydrogens is 462 g/mol. The van der Waals surface area contributed by atoms with Crippen molar-refractivity contribution in [1.29, 1.82) is 0 Å². The van der Waals surface area contributed by atoms with Gasteiger partial charge in [0, 0.05) is 22.6 Å². The smallest absolute Gasteiger partial charge is 0.286 e. The van der Waals surface area contributed by atoms with E-state index in [2.05, 4.69) is 21.4 Å². The molecule has 0 unspecified atom stereocenters. The molecule has 0 saturated carbocycles. The zero-order valence-corrected chi connectivity index (χ0v) is 17.7. The third kappa shape index (κ3) is 3.05. The van der Waals surface area contributed by atoms with Crippen molar-refractivity contribution in [3.05, 3.63) is 69.0 Å². The van der Waals surface area contributed by atoms with Gasteiger partial charge in [-0.2, -0.15) is 5.01 Å². The van der Waals surface area contributed by atoms with E-state index in [0.717, 1.165) is 21.2 Å². The molecule has 0 bridgehead atoms. The first-order valence-electron chi connectivity index (χ1n) is 8.13. The lowest BCUT2D eigenvalue weighted by Gasteiger charge is -2.15. The van der Waals surface area contributed by atoms with Crippen LogP contribution in [0.1, 0.15) is 15.9 Å². The van der Waals surface area contributed by atoms with Gasteiger partial charge in [0.15, 0.2) is 4.32 Å². The Bertz CT molecular complexity index is 1090. The van der Waals surface area contributed by atoms with Crippen molar-refractivity contribution in [2.24, 2.45) is 0 Å². The predicted octanol–water partition coefficient (Wildman–Crippen LogP) is 3.34. The highest BCUT2D eigenvalue weighted by Crippen LogP contribution is 2.44. The zero-order chi connectivity index (χ0) is 20.0. The van der Waals surface area contributed by atoms with Crippen LogP contribution in [-0.4, -0.2) is 34.1 Å². The molecule has 6 nitrogen and oxygen atoms in total. The number of nitrogens with zero attached hydrogens (tertiary/aromatic N) is 2. The number of fused-ring (bicyclic) bond motifs is 1. The van der Waals surface area contributed by atoms with E-state index in [1.54, 1.807) is 43.4 Å². The molecule has 140 valence electrons. The number of carbonyl (C=O) groups is 3. The van der Waals surface area contributed by atoms with Crippen LogP contribution in [0.3, 0.4) is 0 Å². The monoisotopic (exact) mass is 473 g/mol. The summed E-state index contributed by atoms with van der Waals surface area (Å²) >= 11 is 9.68. The van der Waals surface area contributed by atoms with Crippen LogP contribution in [-0.2, 0) is 9.59 Å². The molecule has 1 saturated heterocycles. The van der Waals surface area contributed by atoms with Crippen LogP contribution < -0.4 is 10.3 Å².